The van der Waals surface area contributed by atoms with Crippen molar-refractivity contribution in [2.45, 2.75) is 6.54 Å². The molecule has 2 aliphatic heterocycles. The average molecular weight is 592 g/mol. The summed E-state index contributed by atoms with van der Waals surface area (Å²) in [6.45, 7) is 2.39. The van der Waals surface area contributed by atoms with Crippen molar-refractivity contribution < 1.29 is 9.18 Å². The van der Waals surface area contributed by atoms with E-state index in [0.717, 1.165) is 17.3 Å². The van der Waals surface area contributed by atoms with Crippen molar-refractivity contribution in [1.82, 2.24) is 14.3 Å². The standard InChI is InChI=1S/C29H23ClFN5O2S2/c30-21-8-2-1-7-19(21)18-36-28(38)24(40-29(36)39)17-20-26(32-25-11-5-6-12-35(25)27(20)37)34-15-13-33(14-16-34)23-10-4-3-9-22(23)31/h1-12,17H,13-16,18H2/b24-17+. The number of hydrogen-bond acceptors (Lipinski definition) is 7. The Labute approximate surface area is 244 Å². The van der Waals surface area contributed by atoms with Crippen LogP contribution in [0.15, 0.2) is 82.6 Å². The van der Waals surface area contributed by atoms with Crippen LogP contribution in [0.5, 0.6) is 0 Å². The number of thiocarbonyl (C=S) groups is 1. The Morgan fingerprint density at radius 1 is 0.950 bits per heavy atom. The maximum Gasteiger partial charge on any atom is 0.267 e. The Balaban J connectivity index is 1.34. The largest absolute Gasteiger partial charge is 0.366 e. The molecule has 40 heavy (non-hydrogen) atoms. The molecule has 4 heterocycles. The van der Waals surface area contributed by atoms with Crippen molar-refractivity contribution in [2.24, 2.45) is 0 Å². The first-order valence-electron chi connectivity index (χ1n) is 12.7. The summed E-state index contributed by atoms with van der Waals surface area (Å²) in [6.07, 6.45) is 3.25. The van der Waals surface area contributed by atoms with E-state index in [4.69, 9.17) is 28.8 Å². The van der Waals surface area contributed by atoms with Crippen molar-refractivity contribution in [3.63, 3.8) is 0 Å². The minimum atomic E-state index is -0.289. The van der Waals surface area contributed by atoms with Gasteiger partial charge in [-0.1, -0.05) is 72.0 Å². The number of pyridine rings is 1. The molecule has 0 spiro atoms. The van der Waals surface area contributed by atoms with Gasteiger partial charge in [-0.25, -0.2) is 9.37 Å². The van der Waals surface area contributed by atoms with Crippen LogP contribution in [-0.4, -0.2) is 50.7 Å². The highest BCUT2D eigenvalue weighted by molar-refractivity contribution is 8.26. The molecule has 0 aliphatic carbocycles. The summed E-state index contributed by atoms with van der Waals surface area (Å²) in [5, 5.41) is 0.550. The maximum absolute atomic E-state index is 14.4. The van der Waals surface area contributed by atoms with E-state index in [1.54, 1.807) is 42.6 Å². The van der Waals surface area contributed by atoms with Crippen LogP contribution < -0.4 is 15.4 Å². The number of aromatic nitrogens is 2. The second-order valence-corrected chi connectivity index (χ2v) is 11.5. The van der Waals surface area contributed by atoms with E-state index < -0.39 is 0 Å². The van der Waals surface area contributed by atoms with E-state index in [2.05, 4.69) is 0 Å². The Kier molecular flexibility index (Phi) is 7.31. The number of anilines is 2. The van der Waals surface area contributed by atoms with Crippen LogP contribution in [0.4, 0.5) is 15.9 Å². The molecule has 0 bridgehead atoms. The fourth-order valence-corrected chi connectivity index (χ4v) is 6.32. The van der Waals surface area contributed by atoms with Crippen molar-refractivity contribution >= 4 is 69.0 Å². The second-order valence-electron chi connectivity index (χ2n) is 9.37. The highest BCUT2D eigenvalue weighted by Crippen LogP contribution is 2.35. The van der Waals surface area contributed by atoms with E-state index >= 15 is 0 Å². The Bertz CT molecular complexity index is 1740. The number of carbonyl (C=O) groups excluding carboxylic acids is 1. The molecule has 0 N–H and O–H groups in total. The van der Waals surface area contributed by atoms with E-state index in [-0.39, 0.29) is 23.8 Å². The first-order valence-corrected chi connectivity index (χ1v) is 14.3. The lowest BCUT2D eigenvalue weighted by molar-refractivity contribution is -0.122. The Hall–Kier alpha value is -3.73. The van der Waals surface area contributed by atoms with Crippen molar-refractivity contribution in [2.75, 3.05) is 36.0 Å². The molecular weight excluding hydrogens is 569 g/mol. The van der Waals surface area contributed by atoms with Crippen LogP contribution in [0.3, 0.4) is 0 Å². The third kappa shape index (κ3) is 4.98. The quantitative estimate of drug-likeness (QED) is 0.233. The molecule has 0 radical (unpaired) electrons. The number of halogens is 2. The monoisotopic (exact) mass is 591 g/mol. The molecule has 0 unspecified atom stereocenters. The summed E-state index contributed by atoms with van der Waals surface area (Å²) in [4.78, 5) is 37.8. The SMILES string of the molecule is O=C1/C(=C\c2c(N3CCN(c4ccccc4F)CC3)nc3ccccn3c2=O)SC(=S)N1Cc1ccccc1Cl. The molecular formula is C29H23ClFN5O2S2. The zero-order chi connectivity index (χ0) is 27.8. The van der Waals surface area contributed by atoms with Gasteiger partial charge in [0.05, 0.1) is 22.7 Å². The molecule has 4 aromatic rings. The summed E-state index contributed by atoms with van der Waals surface area (Å²) < 4.78 is 16.3. The molecule has 2 saturated heterocycles. The predicted molar refractivity (Wildman–Crippen MR) is 162 cm³/mol. The molecule has 202 valence electrons. The fourth-order valence-electron chi connectivity index (χ4n) is 4.89. The fraction of sp³-hybridized carbons (Fsp3) is 0.172. The maximum atomic E-state index is 14.4. The third-order valence-electron chi connectivity index (χ3n) is 6.96. The highest BCUT2D eigenvalue weighted by Gasteiger charge is 2.33. The van der Waals surface area contributed by atoms with Gasteiger partial charge in [0.1, 0.15) is 21.6 Å². The molecule has 0 saturated carbocycles. The van der Waals surface area contributed by atoms with Crippen LogP contribution in [0, 0.1) is 5.82 Å². The number of nitrogens with zero attached hydrogens (tertiary/aromatic N) is 5. The lowest BCUT2D eigenvalue weighted by atomic mass is 10.2. The van der Waals surface area contributed by atoms with E-state index in [0.29, 0.717) is 63.1 Å². The van der Waals surface area contributed by atoms with Crippen LogP contribution >= 0.6 is 35.6 Å². The molecule has 2 fully saturated rings. The number of fused-ring (bicyclic) bond motifs is 1. The normalized spacial score (nSPS) is 16.9. The minimum Gasteiger partial charge on any atom is -0.366 e. The molecule has 6 rings (SSSR count). The van der Waals surface area contributed by atoms with Gasteiger partial charge in [-0.3, -0.25) is 18.9 Å². The van der Waals surface area contributed by atoms with Gasteiger partial charge in [0.25, 0.3) is 11.5 Å². The van der Waals surface area contributed by atoms with Crippen molar-refractivity contribution in [3.05, 3.63) is 110 Å². The van der Waals surface area contributed by atoms with Gasteiger partial charge in [-0.15, -0.1) is 0 Å². The smallest absolute Gasteiger partial charge is 0.267 e. The molecule has 1 amide bonds. The van der Waals surface area contributed by atoms with Gasteiger partial charge in [0, 0.05) is 37.4 Å². The lowest BCUT2D eigenvalue weighted by Crippen LogP contribution is -2.47. The number of para-hydroxylation sites is 1. The first-order chi connectivity index (χ1) is 19.4. The van der Waals surface area contributed by atoms with Crippen LogP contribution in [0.1, 0.15) is 11.1 Å². The summed E-state index contributed by atoms with van der Waals surface area (Å²) in [5.41, 5.74) is 1.86. The third-order valence-corrected chi connectivity index (χ3v) is 8.70. The zero-order valence-corrected chi connectivity index (χ0v) is 23.6. The highest BCUT2D eigenvalue weighted by atomic mass is 35.5. The van der Waals surface area contributed by atoms with E-state index in [9.17, 15) is 14.0 Å². The summed E-state index contributed by atoms with van der Waals surface area (Å²) in [7, 11) is 0. The summed E-state index contributed by atoms with van der Waals surface area (Å²) in [6, 6.07) is 19.4. The number of piperazine rings is 1. The van der Waals surface area contributed by atoms with Gasteiger partial charge in [0.2, 0.25) is 0 Å². The topological polar surface area (TPSA) is 61.2 Å². The van der Waals surface area contributed by atoms with Crippen LogP contribution in [0.25, 0.3) is 11.7 Å². The number of rotatable bonds is 5. The van der Waals surface area contributed by atoms with Gasteiger partial charge in [-0.2, -0.15) is 0 Å². The summed E-state index contributed by atoms with van der Waals surface area (Å²) >= 11 is 13.0. The van der Waals surface area contributed by atoms with Gasteiger partial charge >= 0.3 is 0 Å². The Morgan fingerprint density at radius 2 is 1.65 bits per heavy atom. The van der Waals surface area contributed by atoms with E-state index in [1.165, 1.54) is 15.4 Å². The molecule has 0 atom stereocenters. The molecule has 2 aromatic heterocycles. The number of benzene rings is 2. The lowest BCUT2D eigenvalue weighted by Gasteiger charge is -2.37. The average Bonchev–Trinajstić information content (AvgIpc) is 3.23. The zero-order valence-electron chi connectivity index (χ0n) is 21.2. The Morgan fingerprint density at radius 3 is 2.42 bits per heavy atom. The minimum absolute atomic E-state index is 0.238. The van der Waals surface area contributed by atoms with Crippen molar-refractivity contribution in [3.8, 4) is 0 Å². The number of carbonyl (C=O) groups is 1. The second kappa shape index (κ2) is 11.0. The van der Waals surface area contributed by atoms with E-state index in [1.807, 2.05) is 40.1 Å². The number of hydrogen-bond donors (Lipinski definition) is 0. The van der Waals surface area contributed by atoms with Gasteiger partial charge in [-0.05, 0) is 42.0 Å². The van der Waals surface area contributed by atoms with Gasteiger partial charge < -0.3 is 9.80 Å². The molecule has 11 heteroatoms. The van der Waals surface area contributed by atoms with Crippen LogP contribution in [0.2, 0.25) is 5.02 Å². The predicted octanol–water partition coefficient (Wildman–Crippen LogP) is 5.22. The van der Waals surface area contributed by atoms with Crippen molar-refractivity contribution in [1.29, 1.82) is 0 Å². The summed E-state index contributed by atoms with van der Waals surface area (Å²) in [5.74, 6) is -0.0684. The van der Waals surface area contributed by atoms with Gasteiger partial charge in [0.15, 0.2) is 0 Å². The molecule has 2 aliphatic rings. The first kappa shape index (κ1) is 26.5. The van der Waals surface area contributed by atoms with Crippen LogP contribution in [-0.2, 0) is 11.3 Å². The number of amides is 1. The molecule has 7 nitrogen and oxygen atoms in total. The molecule has 2 aromatic carbocycles. The number of thioether (sulfide) groups is 1.